The van der Waals surface area contributed by atoms with Crippen molar-refractivity contribution >= 4 is 46.3 Å². The summed E-state index contributed by atoms with van der Waals surface area (Å²) in [5, 5.41) is 24.4. The van der Waals surface area contributed by atoms with Crippen LogP contribution in [0.25, 0.3) is 0 Å². The smallest absolute Gasteiger partial charge is 0.407 e. The molecule has 2 atom stereocenters. The summed E-state index contributed by atoms with van der Waals surface area (Å²) >= 11 is 6.80. The number of anilines is 1. The van der Waals surface area contributed by atoms with E-state index in [-0.39, 0.29) is 24.2 Å². The predicted octanol–water partition coefficient (Wildman–Crippen LogP) is 3.32. The molecular weight excluding hydrogens is 430 g/mol. The van der Waals surface area contributed by atoms with Crippen molar-refractivity contribution in [3.8, 4) is 0 Å². The zero-order valence-electron chi connectivity index (χ0n) is 15.7. The van der Waals surface area contributed by atoms with Gasteiger partial charge in [0.25, 0.3) is 11.1 Å². The zero-order valence-corrected chi connectivity index (χ0v) is 17.3. The Hall–Kier alpha value is -2.75. The second-order valence-corrected chi connectivity index (χ2v) is 8.18. The number of carbonyl (C=O) groups is 3. The van der Waals surface area contributed by atoms with E-state index in [4.69, 9.17) is 11.6 Å². The quantitative estimate of drug-likeness (QED) is 0.488. The maximum absolute atomic E-state index is 11.6. The number of thioether (sulfide) groups is 1. The third-order valence-corrected chi connectivity index (χ3v) is 5.63. The number of hydrogen-bond acceptors (Lipinski definition) is 6. The SMILES string of the molecule is O=C1NC(=O)C(Nc2ccc(CCN(C[C@H](O)c3cccc(Cl)c3)C(=O)O)cc2)S1. The van der Waals surface area contributed by atoms with Crippen LogP contribution in [-0.2, 0) is 11.2 Å². The molecule has 10 heteroatoms. The lowest BCUT2D eigenvalue weighted by Crippen LogP contribution is -2.35. The molecule has 1 aliphatic rings. The van der Waals surface area contributed by atoms with Crippen molar-refractivity contribution in [2.75, 3.05) is 18.4 Å². The lowest BCUT2D eigenvalue weighted by molar-refractivity contribution is -0.118. The molecule has 1 aliphatic heterocycles. The molecule has 2 aromatic carbocycles. The summed E-state index contributed by atoms with van der Waals surface area (Å²) in [5.74, 6) is -0.385. The first-order valence-corrected chi connectivity index (χ1v) is 10.4. The van der Waals surface area contributed by atoms with Gasteiger partial charge in [0.2, 0.25) is 0 Å². The van der Waals surface area contributed by atoms with Crippen LogP contribution in [-0.4, -0.2) is 50.8 Å². The van der Waals surface area contributed by atoms with Gasteiger partial charge in [-0.25, -0.2) is 4.79 Å². The van der Waals surface area contributed by atoms with Crippen molar-refractivity contribution in [2.24, 2.45) is 0 Å². The number of nitrogens with one attached hydrogen (secondary N) is 2. The highest BCUT2D eigenvalue weighted by Gasteiger charge is 2.31. The van der Waals surface area contributed by atoms with Crippen LogP contribution in [0.2, 0.25) is 5.02 Å². The topological polar surface area (TPSA) is 119 Å². The number of carboxylic acid groups (broad SMARTS) is 1. The number of amides is 3. The van der Waals surface area contributed by atoms with Crippen LogP contribution in [0, 0.1) is 0 Å². The highest BCUT2D eigenvalue weighted by molar-refractivity contribution is 8.15. The van der Waals surface area contributed by atoms with Crippen molar-refractivity contribution in [3.63, 3.8) is 0 Å². The van der Waals surface area contributed by atoms with Crippen LogP contribution < -0.4 is 10.6 Å². The summed E-state index contributed by atoms with van der Waals surface area (Å²) in [6.45, 7) is 0.131. The summed E-state index contributed by atoms with van der Waals surface area (Å²) in [5.41, 5.74) is 2.12. The number of hydrogen-bond donors (Lipinski definition) is 4. The maximum atomic E-state index is 11.6. The van der Waals surface area contributed by atoms with Crippen LogP contribution in [0.5, 0.6) is 0 Å². The number of imide groups is 1. The number of carbonyl (C=O) groups excluding carboxylic acids is 2. The van der Waals surface area contributed by atoms with Gasteiger partial charge in [0, 0.05) is 17.3 Å². The minimum Gasteiger partial charge on any atom is -0.465 e. The molecule has 0 radical (unpaired) electrons. The maximum Gasteiger partial charge on any atom is 0.407 e. The number of benzene rings is 2. The number of rotatable bonds is 8. The fourth-order valence-electron chi connectivity index (χ4n) is 2.93. The van der Waals surface area contributed by atoms with Gasteiger partial charge in [0.15, 0.2) is 5.37 Å². The normalized spacial score (nSPS) is 16.8. The average Bonchev–Trinajstić information content (AvgIpc) is 3.02. The van der Waals surface area contributed by atoms with Gasteiger partial charge in [0.1, 0.15) is 0 Å². The fourth-order valence-corrected chi connectivity index (χ4v) is 3.86. The molecule has 1 saturated heterocycles. The number of halogens is 1. The van der Waals surface area contributed by atoms with Crippen molar-refractivity contribution in [1.29, 1.82) is 0 Å². The first-order valence-electron chi connectivity index (χ1n) is 9.10. The van der Waals surface area contributed by atoms with Gasteiger partial charge in [-0.1, -0.05) is 35.9 Å². The average molecular weight is 450 g/mol. The first kappa shape index (κ1) is 21.9. The number of nitrogens with zero attached hydrogens (tertiary/aromatic N) is 1. The van der Waals surface area contributed by atoms with Crippen LogP contribution in [0.3, 0.4) is 0 Å². The van der Waals surface area contributed by atoms with Crippen LogP contribution >= 0.6 is 23.4 Å². The Kier molecular flexibility index (Phi) is 7.20. The monoisotopic (exact) mass is 449 g/mol. The molecule has 0 aromatic heterocycles. The summed E-state index contributed by atoms with van der Waals surface area (Å²) in [4.78, 5) is 35.5. The van der Waals surface area contributed by atoms with Gasteiger partial charge in [-0.15, -0.1) is 0 Å². The van der Waals surface area contributed by atoms with Crippen LogP contribution in [0.4, 0.5) is 15.3 Å². The molecule has 3 amide bonds. The second-order valence-electron chi connectivity index (χ2n) is 6.67. The Bertz CT molecular complexity index is 940. The number of aliphatic hydroxyl groups excluding tert-OH is 1. The minimum absolute atomic E-state index is 0.0721. The second kappa shape index (κ2) is 9.84. The molecule has 0 aliphatic carbocycles. The van der Waals surface area contributed by atoms with Gasteiger partial charge < -0.3 is 20.4 Å². The van der Waals surface area contributed by atoms with Gasteiger partial charge in [-0.2, -0.15) is 0 Å². The standard InChI is InChI=1S/C20H20ClN3O5S/c21-14-3-1-2-13(10-14)16(25)11-24(20(28)29)9-8-12-4-6-15(7-5-12)22-18-17(26)23-19(27)30-18/h1-7,10,16,18,22,25H,8-9,11H2,(H,28,29)(H,23,26,27)/t16-,18?/m0/s1. The van der Waals surface area contributed by atoms with E-state index in [2.05, 4.69) is 10.6 Å². The fraction of sp³-hybridized carbons (Fsp3) is 0.250. The lowest BCUT2D eigenvalue weighted by Gasteiger charge is -2.23. The van der Waals surface area contributed by atoms with Gasteiger partial charge in [-0.05, 0) is 53.6 Å². The van der Waals surface area contributed by atoms with Crippen molar-refractivity contribution in [3.05, 3.63) is 64.7 Å². The molecular formula is C20H20ClN3O5S. The molecule has 4 N–H and O–H groups in total. The van der Waals surface area contributed by atoms with E-state index in [1.54, 1.807) is 36.4 Å². The van der Waals surface area contributed by atoms with Gasteiger partial charge in [0.05, 0.1) is 12.6 Å². The first-order chi connectivity index (χ1) is 14.3. The molecule has 3 rings (SSSR count). The molecule has 0 saturated carbocycles. The predicted molar refractivity (Wildman–Crippen MR) is 115 cm³/mol. The van der Waals surface area contributed by atoms with Crippen molar-refractivity contribution < 1.29 is 24.6 Å². The van der Waals surface area contributed by atoms with Crippen molar-refractivity contribution in [1.82, 2.24) is 10.2 Å². The highest BCUT2D eigenvalue weighted by atomic mass is 35.5. The molecule has 1 unspecified atom stereocenters. The lowest BCUT2D eigenvalue weighted by atomic mass is 10.1. The largest absolute Gasteiger partial charge is 0.465 e. The third kappa shape index (κ3) is 5.88. The molecule has 158 valence electrons. The van der Waals surface area contributed by atoms with E-state index < -0.39 is 17.6 Å². The summed E-state index contributed by atoms with van der Waals surface area (Å²) in [6, 6.07) is 13.8. The summed E-state index contributed by atoms with van der Waals surface area (Å²) in [7, 11) is 0. The Morgan fingerprint density at radius 2 is 1.97 bits per heavy atom. The van der Waals surface area contributed by atoms with E-state index in [9.17, 15) is 24.6 Å². The van der Waals surface area contributed by atoms with Crippen LogP contribution in [0.15, 0.2) is 48.5 Å². The van der Waals surface area contributed by atoms with E-state index in [0.29, 0.717) is 22.7 Å². The van der Waals surface area contributed by atoms with Crippen LogP contribution in [0.1, 0.15) is 17.2 Å². The van der Waals surface area contributed by atoms with Crippen molar-refractivity contribution in [2.45, 2.75) is 17.9 Å². The zero-order chi connectivity index (χ0) is 21.7. The molecule has 0 spiro atoms. The molecule has 0 bridgehead atoms. The molecule has 8 nitrogen and oxygen atoms in total. The van der Waals surface area contributed by atoms with Gasteiger partial charge >= 0.3 is 6.09 Å². The molecule has 1 fully saturated rings. The van der Waals surface area contributed by atoms with E-state index in [1.807, 2.05) is 12.1 Å². The third-order valence-electron chi connectivity index (χ3n) is 4.51. The summed E-state index contributed by atoms with van der Waals surface area (Å²) < 4.78 is 0. The Labute approximate surface area is 182 Å². The number of aliphatic hydroxyl groups is 1. The van der Waals surface area contributed by atoms with Gasteiger partial charge in [-0.3, -0.25) is 14.9 Å². The van der Waals surface area contributed by atoms with E-state index in [1.165, 1.54) is 0 Å². The van der Waals surface area contributed by atoms with E-state index >= 15 is 0 Å². The Morgan fingerprint density at radius 1 is 1.23 bits per heavy atom. The molecule has 1 heterocycles. The minimum atomic E-state index is -1.12. The molecule has 2 aromatic rings. The Morgan fingerprint density at radius 3 is 2.57 bits per heavy atom. The highest BCUT2D eigenvalue weighted by Crippen LogP contribution is 2.22. The van der Waals surface area contributed by atoms with E-state index in [0.717, 1.165) is 22.2 Å². The Balaban J connectivity index is 1.55. The summed E-state index contributed by atoms with van der Waals surface area (Å²) in [6.07, 6.45) is -1.65. The molecule has 30 heavy (non-hydrogen) atoms.